The van der Waals surface area contributed by atoms with Crippen molar-refractivity contribution in [3.05, 3.63) is 43.5 Å². The van der Waals surface area contributed by atoms with Crippen LogP contribution in [0.3, 0.4) is 0 Å². The first kappa shape index (κ1) is 22.2. The Morgan fingerprint density at radius 3 is 2.91 bits per heavy atom. The zero-order chi connectivity index (χ0) is 23.0. The smallest absolute Gasteiger partial charge is 0.353 e. The molecule has 2 aromatic heterocycles. The van der Waals surface area contributed by atoms with Gasteiger partial charge in [0.15, 0.2) is 5.13 Å². The number of aliphatic carboxylic acids is 1. The van der Waals surface area contributed by atoms with Crippen LogP contribution in [0.5, 0.6) is 0 Å². The molecule has 1 unspecified atom stereocenters. The van der Waals surface area contributed by atoms with Gasteiger partial charge in [0.05, 0.1) is 12.2 Å². The fourth-order valence-electron chi connectivity index (χ4n) is 3.65. The number of aromatic nitrogens is 3. The molecular formula is C17H16ClN7O5S2. The summed E-state index contributed by atoms with van der Waals surface area (Å²) in [4.78, 5) is 54.2. The zero-order valence-corrected chi connectivity index (χ0v) is 18.5. The number of nitrogens with two attached hydrogens (primary N) is 1. The molecule has 2 aliphatic heterocycles. The third kappa shape index (κ3) is 3.96. The van der Waals surface area contributed by atoms with Crippen LogP contribution in [0.25, 0.3) is 0 Å². The van der Waals surface area contributed by atoms with E-state index in [2.05, 4.69) is 25.7 Å². The highest BCUT2D eigenvalue weighted by atomic mass is 35.5. The molecule has 0 saturated carbocycles. The van der Waals surface area contributed by atoms with Crippen molar-refractivity contribution in [1.29, 1.82) is 0 Å². The molecule has 5 N–H and O–H groups in total. The zero-order valence-electron chi connectivity index (χ0n) is 16.1. The number of hydrogen-bond acceptors (Lipinski definition) is 10. The van der Waals surface area contributed by atoms with E-state index in [9.17, 15) is 24.4 Å². The van der Waals surface area contributed by atoms with Gasteiger partial charge in [-0.2, -0.15) is 5.10 Å². The summed E-state index contributed by atoms with van der Waals surface area (Å²) in [5.74, 6) is -2.15. The summed E-state index contributed by atoms with van der Waals surface area (Å²) in [6.45, 7) is 0. The average Bonchev–Trinajstić information content (AvgIpc) is 3.39. The summed E-state index contributed by atoms with van der Waals surface area (Å²) in [6, 6.07) is -3.09. The molecule has 15 heteroatoms. The minimum Gasteiger partial charge on any atom is -0.477 e. The topological polar surface area (TPSA) is 184 Å². The number of fused-ring (bicyclic) bond motifs is 1. The lowest BCUT2D eigenvalue weighted by Crippen LogP contribution is -2.71. The minimum absolute atomic E-state index is 0.0527. The van der Waals surface area contributed by atoms with E-state index in [-0.39, 0.29) is 20.9 Å². The number of nitrogens with one attached hydrogen (secondary N) is 2. The lowest BCUT2D eigenvalue weighted by molar-refractivity contribution is -0.156. The largest absolute Gasteiger partial charge is 0.477 e. The van der Waals surface area contributed by atoms with Crippen LogP contribution in [0.1, 0.15) is 30.1 Å². The minimum atomic E-state index is -1.57. The van der Waals surface area contributed by atoms with Gasteiger partial charge in [-0.15, -0.1) is 16.7 Å². The number of halogens is 1. The molecule has 2 aliphatic rings. The fourth-order valence-corrected chi connectivity index (χ4v) is 5.70. The number of nitrogens with zero attached hydrogens (tertiary/aromatic N) is 4. The molecule has 32 heavy (non-hydrogen) atoms. The number of carbonyl (C=O) groups is 3. The van der Waals surface area contributed by atoms with E-state index < -0.39 is 35.9 Å². The number of amides is 2. The number of rotatable bonds is 8. The number of H-pyrrole nitrogens is 1. The maximum Gasteiger partial charge on any atom is 0.353 e. The highest BCUT2D eigenvalue weighted by Gasteiger charge is 2.54. The van der Waals surface area contributed by atoms with Gasteiger partial charge < -0.3 is 16.2 Å². The van der Waals surface area contributed by atoms with Crippen molar-refractivity contribution in [2.45, 2.75) is 36.7 Å². The van der Waals surface area contributed by atoms with Crippen LogP contribution < -0.4 is 11.1 Å². The Morgan fingerprint density at radius 2 is 2.31 bits per heavy atom. The van der Waals surface area contributed by atoms with Crippen molar-refractivity contribution in [1.82, 2.24) is 25.4 Å². The van der Waals surface area contributed by atoms with Crippen molar-refractivity contribution in [2.75, 3.05) is 5.73 Å². The van der Waals surface area contributed by atoms with Crippen molar-refractivity contribution < 1.29 is 19.5 Å². The Balaban J connectivity index is 1.48. The Hall–Kier alpha value is -2.97. The molecule has 0 aromatic carbocycles. The summed E-state index contributed by atoms with van der Waals surface area (Å²) in [5, 5.41) is 21.6. The molecular weight excluding hydrogens is 482 g/mol. The normalized spacial score (nSPS) is 21.0. The molecule has 2 aromatic rings. The number of nitrogen functional groups attached to an aromatic ring is 1. The number of hydrogen-bond donors (Lipinski definition) is 4. The Kier molecular flexibility index (Phi) is 6.17. The molecule has 1 saturated heterocycles. The van der Waals surface area contributed by atoms with Gasteiger partial charge in [0.25, 0.3) is 11.8 Å². The highest BCUT2D eigenvalue weighted by Crippen LogP contribution is 2.42. The number of thioether (sulfide) groups is 1. The summed E-state index contributed by atoms with van der Waals surface area (Å²) in [6.07, 6.45) is 4.22. The Bertz CT molecular complexity index is 1120. The second-order valence-electron chi connectivity index (χ2n) is 6.99. The number of carboxylic acid groups (broad SMARTS) is 1. The third-order valence-corrected chi connectivity index (χ3v) is 7.44. The van der Waals surface area contributed by atoms with Crippen molar-refractivity contribution >= 4 is 57.6 Å². The van der Waals surface area contributed by atoms with Gasteiger partial charge in [0, 0.05) is 22.4 Å². The van der Waals surface area contributed by atoms with Gasteiger partial charge in [-0.1, -0.05) is 22.9 Å². The van der Waals surface area contributed by atoms with Crippen LogP contribution in [0.4, 0.5) is 5.13 Å². The molecule has 4 heterocycles. The molecule has 2 amide bonds. The Labute approximate surface area is 193 Å². The Morgan fingerprint density at radius 1 is 1.53 bits per heavy atom. The number of aromatic amines is 1. The third-order valence-electron chi connectivity index (χ3n) is 5.10. The maximum absolute atomic E-state index is 12.8. The van der Waals surface area contributed by atoms with E-state index in [4.69, 9.17) is 17.3 Å². The van der Waals surface area contributed by atoms with E-state index in [1.54, 1.807) is 12.4 Å². The SMILES string of the molecule is Nc1nc(C(N=O)C(=O)N[C@@H]2C(=O)N3C(C(=O)O)=C(SCc4cn[nH]c4)CC[C@H]23)c(Cl)s1. The summed E-state index contributed by atoms with van der Waals surface area (Å²) in [7, 11) is 0. The van der Waals surface area contributed by atoms with Crippen LogP contribution in [0.2, 0.25) is 4.34 Å². The lowest BCUT2D eigenvalue weighted by atomic mass is 9.86. The van der Waals surface area contributed by atoms with Crippen LogP contribution >= 0.6 is 34.7 Å². The number of carboxylic acids is 1. The molecule has 3 atom stereocenters. The van der Waals surface area contributed by atoms with Crippen LogP contribution in [-0.2, 0) is 20.1 Å². The molecule has 0 aliphatic carbocycles. The molecule has 4 rings (SSSR count). The quantitative estimate of drug-likeness (QED) is 0.310. The van der Waals surface area contributed by atoms with E-state index in [0.29, 0.717) is 23.5 Å². The van der Waals surface area contributed by atoms with E-state index in [0.717, 1.165) is 16.9 Å². The summed E-state index contributed by atoms with van der Waals surface area (Å²) < 4.78 is 0.0527. The van der Waals surface area contributed by atoms with E-state index >= 15 is 0 Å². The second-order valence-corrected chi connectivity index (χ2v) is 9.69. The van der Waals surface area contributed by atoms with E-state index in [1.165, 1.54) is 16.7 Å². The number of allylic oxidation sites excluding steroid dienone is 1. The van der Waals surface area contributed by atoms with Gasteiger partial charge in [0.2, 0.25) is 6.04 Å². The first-order valence-electron chi connectivity index (χ1n) is 9.26. The van der Waals surface area contributed by atoms with Gasteiger partial charge in [0.1, 0.15) is 21.8 Å². The second kappa shape index (κ2) is 8.88. The molecule has 168 valence electrons. The van der Waals surface area contributed by atoms with Crippen molar-refractivity contribution in [3.63, 3.8) is 0 Å². The van der Waals surface area contributed by atoms with Gasteiger partial charge in [-0.3, -0.25) is 19.6 Å². The molecule has 1 fully saturated rings. The summed E-state index contributed by atoms with van der Waals surface area (Å²) in [5.41, 5.74) is 6.27. The van der Waals surface area contributed by atoms with Crippen LogP contribution in [0.15, 0.2) is 28.2 Å². The standard InChI is InChI=1S/C17H16ClN7O5S2/c18-13-10(23-17(19)32-13)11(24-30)14(26)22-9-7-1-2-8(31-5-6-3-20-21-4-6)12(16(28)29)25(7)15(9)27/h3-4,7,9,11H,1-2,5H2,(H2,19,23)(H,20,21)(H,22,26)(H,28,29)/t7-,9+,11?/m1/s1. The predicted octanol–water partition coefficient (Wildman–Crippen LogP) is 1.63. The monoisotopic (exact) mass is 497 g/mol. The summed E-state index contributed by atoms with van der Waals surface area (Å²) >= 11 is 8.18. The van der Waals surface area contributed by atoms with Gasteiger partial charge >= 0.3 is 5.97 Å². The maximum atomic E-state index is 12.8. The molecule has 0 radical (unpaired) electrons. The van der Waals surface area contributed by atoms with Crippen LogP contribution in [-0.4, -0.2) is 55.1 Å². The lowest BCUT2D eigenvalue weighted by Gasteiger charge is -2.50. The van der Waals surface area contributed by atoms with Gasteiger partial charge in [-0.25, -0.2) is 9.78 Å². The fraction of sp³-hybridized carbons (Fsp3) is 0.353. The van der Waals surface area contributed by atoms with Crippen molar-refractivity contribution in [2.24, 2.45) is 5.18 Å². The molecule has 0 bridgehead atoms. The van der Waals surface area contributed by atoms with Gasteiger partial charge in [-0.05, 0) is 18.0 Å². The number of β-lactam (4-membered cyclic amide) rings is 1. The van der Waals surface area contributed by atoms with E-state index in [1.807, 2.05) is 0 Å². The van der Waals surface area contributed by atoms with Crippen molar-refractivity contribution in [3.8, 4) is 0 Å². The number of thiazole rings is 1. The number of anilines is 1. The highest BCUT2D eigenvalue weighted by molar-refractivity contribution is 8.02. The first-order chi connectivity index (χ1) is 15.3. The molecule has 0 spiro atoms. The first-order valence-corrected chi connectivity index (χ1v) is 11.4. The average molecular weight is 498 g/mol. The molecule has 12 nitrogen and oxygen atoms in total. The number of carbonyl (C=O) groups excluding carboxylic acids is 2. The van der Waals surface area contributed by atoms with Crippen LogP contribution in [0, 0.1) is 4.91 Å². The predicted molar refractivity (Wildman–Crippen MR) is 116 cm³/mol. The number of nitroso groups, excluding NO2 is 1.